The maximum Gasteiger partial charge on any atom is 0.317 e. The molecule has 0 aliphatic carbocycles. The van der Waals surface area contributed by atoms with Crippen LogP contribution in [0.2, 0.25) is 5.02 Å². The van der Waals surface area contributed by atoms with Crippen molar-refractivity contribution in [1.29, 1.82) is 0 Å². The fourth-order valence-electron chi connectivity index (χ4n) is 3.81. The molecule has 0 spiro atoms. The molecule has 3 aromatic carbocycles. The molecule has 0 fully saturated rings. The summed E-state index contributed by atoms with van der Waals surface area (Å²) in [5.74, 6) is 0. The van der Waals surface area contributed by atoms with Crippen LogP contribution in [0.15, 0.2) is 77.0 Å². The molecule has 34 heavy (non-hydrogen) atoms. The van der Waals surface area contributed by atoms with E-state index in [1.165, 1.54) is 11.5 Å². The normalized spacial score (nSPS) is 14.6. The number of aromatic nitrogens is 2. The minimum Gasteiger partial charge on any atom is -0.334 e. The average Bonchev–Trinajstić information content (AvgIpc) is 3.51. The third-order valence-electron chi connectivity index (χ3n) is 5.45. The Hall–Kier alpha value is -3.11. The van der Waals surface area contributed by atoms with Gasteiger partial charge in [-0.3, -0.25) is 0 Å². The van der Waals surface area contributed by atoms with Gasteiger partial charge in [-0.25, -0.2) is 4.79 Å². The third kappa shape index (κ3) is 4.60. The van der Waals surface area contributed by atoms with Gasteiger partial charge in [0.15, 0.2) is 5.50 Å². The lowest BCUT2D eigenvalue weighted by Crippen LogP contribution is -2.46. The summed E-state index contributed by atoms with van der Waals surface area (Å²) in [6, 6.07) is 21.3. The number of nitrogens with one attached hydrogen (secondary N) is 2. The number of rotatable bonds is 6. The molecule has 1 unspecified atom stereocenters. The zero-order valence-corrected chi connectivity index (χ0v) is 20.3. The zero-order chi connectivity index (χ0) is 23.5. The molecule has 0 bridgehead atoms. The van der Waals surface area contributed by atoms with Gasteiger partial charge in [-0.05, 0) is 40.9 Å². The Kier molecular flexibility index (Phi) is 6.68. The van der Waals surface area contributed by atoms with Crippen molar-refractivity contribution in [2.24, 2.45) is 5.73 Å². The van der Waals surface area contributed by atoms with E-state index in [1.54, 1.807) is 11.8 Å². The molecule has 1 atom stereocenters. The monoisotopic (exact) mass is 508 g/mol. The van der Waals surface area contributed by atoms with Gasteiger partial charge in [0.25, 0.3) is 0 Å². The van der Waals surface area contributed by atoms with Crippen molar-refractivity contribution >= 4 is 52.3 Å². The summed E-state index contributed by atoms with van der Waals surface area (Å²) in [7, 11) is 0. The fraction of sp³-hybridized carbons (Fsp3) is 0.125. The van der Waals surface area contributed by atoms with Crippen molar-refractivity contribution in [2.45, 2.75) is 23.5 Å². The van der Waals surface area contributed by atoms with E-state index >= 15 is 0 Å². The molecule has 172 valence electrons. The number of benzene rings is 3. The van der Waals surface area contributed by atoms with E-state index in [-0.39, 0.29) is 11.5 Å². The van der Waals surface area contributed by atoms with Gasteiger partial charge < -0.3 is 21.3 Å². The molecule has 0 radical (unpaired) electrons. The predicted octanol–water partition coefficient (Wildman–Crippen LogP) is 5.34. The number of hydrogen-bond acceptors (Lipinski definition) is 7. The van der Waals surface area contributed by atoms with Crippen molar-refractivity contribution in [1.82, 2.24) is 20.2 Å². The van der Waals surface area contributed by atoms with Crippen LogP contribution in [0.4, 0.5) is 16.2 Å². The van der Waals surface area contributed by atoms with E-state index in [4.69, 9.17) is 17.3 Å². The molecule has 4 aromatic rings. The van der Waals surface area contributed by atoms with Crippen LogP contribution >= 0.6 is 34.9 Å². The zero-order valence-electron chi connectivity index (χ0n) is 17.9. The summed E-state index contributed by atoms with van der Waals surface area (Å²) in [6.07, 6.45) is 0. The van der Waals surface area contributed by atoms with Gasteiger partial charge in [0, 0.05) is 28.9 Å². The summed E-state index contributed by atoms with van der Waals surface area (Å²) >= 11 is 9.48. The number of nitrogens with zero attached hydrogens (tertiary/aromatic N) is 3. The fourth-order valence-corrected chi connectivity index (χ4v) is 5.74. The van der Waals surface area contributed by atoms with Crippen LogP contribution < -0.4 is 21.3 Å². The van der Waals surface area contributed by atoms with Crippen LogP contribution in [0, 0.1) is 0 Å². The van der Waals surface area contributed by atoms with Crippen molar-refractivity contribution in [3.8, 4) is 11.3 Å². The lowest BCUT2D eigenvalue weighted by molar-refractivity contribution is 0.240. The van der Waals surface area contributed by atoms with E-state index in [1.807, 2.05) is 77.0 Å². The Labute approximate surface area is 210 Å². The number of carbonyl (C=O) groups excluding carboxylic acids is 1. The molecule has 5 rings (SSSR count). The molecule has 4 N–H and O–H groups in total. The van der Waals surface area contributed by atoms with Crippen molar-refractivity contribution in [2.75, 3.05) is 4.90 Å². The lowest BCUT2D eigenvalue weighted by Gasteiger charge is -2.30. The SMILES string of the molecule is NCc1cccc(Cl)c1N1c2ccccc2SC1NC(=O)NCc1ccc(-c2csnn2)cc1. The van der Waals surface area contributed by atoms with Crippen molar-refractivity contribution < 1.29 is 4.79 Å². The third-order valence-corrected chi connectivity index (χ3v) is 7.41. The summed E-state index contributed by atoms with van der Waals surface area (Å²) in [5, 5.41) is 12.6. The summed E-state index contributed by atoms with van der Waals surface area (Å²) in [4.78, 5) is 16.0. The molecule has 10 heteroatoms. The summed E-state index contributed by atoms with van der Waals surface area (Å²) < 4.78 is 3.89. The molecule has 0 saturated heterocycles. The molecule has 2 heterocycles. The highest BCUT2D eigenvalue weighted by Crippen LogP contribution is 2.49. The first-order chi connectivity index (χ1) is 16.6. The molecule has 1 aliphatic heterocycles. The molecular weight excluding hydrogens is 488 g/mol. The molecule has 2 amide bonds. The minimum absolute atomic E-state index is 0.274. The Morgan fingerprint density at radius 1 is 1.09 bits per heavy atom. The first-order valence-electron chi connectivity index (χ1n) is 10.6. The van der Waals surface area contributed by atoms with E-state index in [2.05, 4.69) is 20.2 Å². The van der Waals surface area contributed by atoms with Gasteiger partial charge in [-0.1, -0.05) is 76.4 Å². The largest absolute Gasteiger partial charge is 0.334 e. The molecule has 1 aliphatic rings. The van der Waals surface area contributed by atoms with Crippen LogP contribution in [0.1, 0.15) is 11.1 Å². The van der Waals surface area contributed by atoms with Gasteiger partial charge in [-0.2, -0.15) is 0 Å². The number of thioether (sulfide) groups is 1. The number of amides is 2. The smallest absolute Gasteiger partial charge is 0.317 e. The highest BCUT2D eigenvalue weighted by atomic mass is 35.5. The van der Waals surface area contributed by atoms with Crippen molar-refractivity contribution in [3.05, 3.63) is 88.3 Å². The van der Waals surface area contributed by atoms with Crippen LogP contribution in [-0.4, -0.2) is 21.1 Å². The highest BCUT2D eigenvalue weighted by Gasteiger charge is 2.34. The van der Waals surface area contributed by atoms with E-state index in [0.29, 0.717) is 18.1 Å². The van der Waals surface area contributed by atoms with E-state index in [9.17, 15) is 4.79 Å². The number of anilines is 2. The summed E-state index contributed by atoms with van der Waals surface area (Å²) in [5.41, 5.74) is 11.2. The molecular formula is C24H21ClN6OS2. The minimum atomic E-state index is -0.373. The predicted molar refractivity (Wildman–Crippen MR) is 138 cm³/mol. The van der Waals surface area contributed by atoms with Crippen LogP contribution in [0.5, 0.6) is 0 Å². The second-order valence-corrected chi connectivity index (χ2v) is 9.71. The standard InChI is InChI=1S/C24H21ClN6OS2/c25-18-5-3-4-17(12-26)22(18)31-20-6-1-2-7-21(20)34-24(31)28-23(32)27-13-15-8-10-16(11-9-15)19-14-33-30-29-19/h1-11,14,24H,12-13,26H2,(H2,27,28,32). The van der Waals surface area contributed by atoms with Gasteiger partial charge >= 0.3 is 6.03 Å². The second-order valence-electron chi connectivity index (χ2n) is 7.57. The first kappa shape index (κ1) is 22.7. The second kappa shape index (κ2) is 10.0. The number of para-hydroxylation sites is 2. The Balaban J connectivity index is 1.31. The quantitative estimate of drug-likeness (QED) is 0.325. The van der Waals surface area contributed by atoms with Gasteiger partial charge in [-0.15, -0.1) is 5.10 Å². The Morgan fingerprint density at radius 2 is 1.91 bits per heavy atom. The van der Waals surface area contributed by atoms with E-state index < -0.39 is 0 Å². The molecule has 7 nitrogen and oxygen atoms in total. The van der Waals surface area contributed by atoms with Crippen LogP contribution in [0.25, 0.3) is 11.3 Å². The van der Waals surface area contributed by atoms with Crippen LogP contribution in [-0.2, 0) is 13.1 Å². The number of nitrogens with two attached hydrogens (primary N) is 1. The Bertz CT molecular complexity index is 1300. The Morgan fingerprint density at radius 3 is 2.68 bits per heavy atom. The first-order valence-corrected chi connectivity index (χ1v) is 12.7. The maximum absolute atomic E-state index is 12.9. The number of hydrogen-bond donors (Lipinski definition) is 3. The number of fused-ring (bicyclic) bond motifs is 1. The maximum atomic E-state index is 12.9. The summed E-state index contributed by atoms with van der Waals surface area (Å²) in [6.45, 7) is 0.733. The number of carbonyl (C=O) groups is 1. The molecule has 0 saturated carbocycles. The van der Waals surface area contributed by atoms with Gasteiger partial charge in [0.05, 0.1) is 16.4 Å². The van der Waals surface area contributed by atoms with Gasteiger partial charge in [0.2, 0.25) is 0 Å². The molecule has 1 aromatic heterocycles. The van der Waals surface area contributed by atoms with Crippen molar-refractivity contribution in [3.63, 3.8) is 0 Å². The van der Waals surface area contributed by atoms with Crippen LogP contribution in [0.3, 0.4) is 0 Å². The van der Waals surface area contributed by atoms with E-state index in [0.717, 1.165) is 38.7 Å². The van der Waals surface area contributed by atoms with Gasteiger partial charge in [0.1, 0.15) is 5.69 Å². The lowest BCUT2D eigenvalue weighted by atomic mass is 10.1. The number of urea groups is 1. The highest BCUT2D eigenvalue weighted by molar-refractivity contribution is 8.00. The average molecular weight is 509 g/mol. The topological polar surface area (TPSA) is 96.2 Å². The number of halogens is 1.